The van der Waals surface area contributed by atoms with Crippen molar-refractivity contribution in [1.29, 1.82) is 0 Å². The van der Waals surface area contributed by atoms with Crippen molar-refractivity contribution < 1.29 is 44.6 Å². The number of likely N-dealkylation sites (N-methyl/N-ethyl adjacent to an activating group) is 1. The average Bonchev–Trinajstić information content (AvgIpc) is 1.03. The molecule has 28 heteroatoms. The molecule has 19 nitrogen and oxygen atoms in total. The van der Waals surface area contributed by atoms with E-state index in [1.165, 1.54) is 147 Å². The predicted molar refractivity (Wildman–Crippen MR) is 536 cm³/mol. The maximum atomic E-state index is 13.3. The summed E-state index contributed by atoms with van der Waals surface area (Å²) in [5, 5.41) is 20.7. The van der Waals surface area contributed by atoms with Crippen molar-refractivity contribution in [2.75, 3.05) is 138 Å². The minimum Gasteiger partial charge on any atom is -0.390 e. The summed E-state index contributed by atoms with van der Waals surface area (Å²) in [6, 6.07) is 0. The Morgan fingerprint density at radius 1 is 0.318 bits per heavy atom. The maximum Gasteiger partial charge on any atom is 0.453 e. The molecule has 0 atom stereocenters. The van der Waals surface area contributed by atoms with Gasteiger partial charge in [0, 0.05) is 177 Å². The van der Waals surface area contributed by atoms with Crippen LogP contribution in [0, 0.1) is 11.8 Å². The molecule has 0 amide bonds. The van der Waals surface area contributed by atoms with Crippen LogP contribution in [-0.4, -0.2) is 321 Å². The van der Waals surface area contributed by atoms with E-state index in [1.54, 1.807) is 9.47 Å². The lowest BCUT2D eigenvalue weighted by atomic mass is 9.76. The molecule has 0 unspecified atom stereocenters. The minimum atomic E-state index is -4.46. The number of fused-ring (bicyclic) bond motifs is 2. The second kappa shape index (κ2) is 48.3. The number of alkyl halides is 9. The van der Waals surface area contributed by atoms with E-state index in [0.29, 0.717) is 96.2 Å². The van der Waals surface area contributed by atoms with E-state index >= 15 is 0 Å². The van der Waals surface area contributed by atoms with Crippen molar-refractivity contribution in [1.82, 2.24) is 88.3 Å². The molecule has 9 saturated heterocycles. The Bertz CT molecular complexity index is 3440. The Morgan fingerprint density at radius 3 is 0.955 bits per heavy atom. The molecule has 13 rings (SSSR count). The number of hydrogen-bond donors (Lipinski definition) is 1. The first-order valence-corrected chi connectivity index (χ1v) is 50.9. The van der Waals surface area contributed by atoms with E-state index in [0.717, 1.165) is 51.2 Å². The molecule has 0 bridgehead atoms. The van der Waals surface area contributed by atoms with Gasteiger partial charge in [-0.2, -0.15) is 22.0 Å². The Hall–Kier alpha value is -2.87. The van der Waals surface area contributed by atoms with Gasteiger partial charge < -0.3 is 14.6 Å². The van der Waals surface area contributed by atoms with E-state index in [1.807, 2.05) is 48.5 Å². The van der Waals surface area contributed by atoms with Crippen LogP contribution in [0.5, 0.6) is 0 Å². The smallest absolute Gasteiger partial charge is 0.390 e. The van der Waals surface area contributed by atoms with Gasteiger partial charge in [0.1, 0.15) is 11.6 Å². The van der Waals surface area contributed by atoms with Gasteiger partial charge >= 0.3 is 12.1 Å². The second-order valence-electron chi connectivity index (χ2n) is 52.8. The Kier molecular flexibility index (Phi) is 45.1. The van der Waals surface area contributed by atoms with Crippen LogP contribution in [0.4, 0.5) is 39.5 Å². The highest BCUT2D eigenvalue weighted by molar-refractivity contribution is 5.07. The van der Waals surface area contributed by atoms with E-state index in [4.69, 9.17) is 0 Å². The third-order valence-corrected chi connectivity index (χ3v) is 28.0. The molecule has 9 fully saturated rings. The summed E-state index contributed by atoms with van der Waals surface area (Å²) in [5.41, 5.74) is 2.68. The van der Waals surface area contributed by atoms with Crippen LogP contribution < -0.4 is 0 Å². The topological polar surface area (TPSA) is 121 Å². The fraction of sp³-hybridized carbons (Fsp3) is 0.962. The average molecular weight is 1890 g/mol. The maximum absolute atomic E-state index is 13.3. The SMILES string of the molecule is CC(C)(C)N1C(C)(C)CCCC1(C)C.CC(C)(C)N1CC(F)(F)C1.CC(C)(C)N1CCC(F)(F)CC1.CC(C)(C)N1CCCC1.CC(C)(C)N1CCCCC1.CC(C)(C)N1CCn2nc(C(F)(F)F)nc2C1.CC(F)(F)c1nnc2n1CCN(C(C)(C)C)C2.CC1(O)CCN(C(C)(C)C)CC1.CC1CCN(C(C)(C)C)CC1.CC1CN(C(C)(C)C)C1.CN1CCN(C(C)(C)C)CC1. The molecule has 780 valence electrons. The van der Waals surface area contributed by atoms with Crippen molar-refractivity contribution in [3.05, 3.63) is 23.3 Å². The lowest BCUT2D eigenvalue weighted by molar-refractivity contribution is -0.160. The summed E-state index contributed by atoms with van der Waals surface area (Å²) >= 11 is 0. The summed E-state index contributed by atoms with van der Waals surface area (Å²) in [5.74, 6) is -6.12. The van der Waals surface area contributed by atoms with Crippen LogP contribution in [0.3, 0.4) is 0 Å². The molecule has 2 aromatic rings. The quantitative estimate of drug-likeness (QED) is 0.272. The van der Waals surface area contributed by atoms with Crippen LogP contribution in [0.2, 0.25) is 0 Å². The van der Waals surface area contributed by atoms with Crippen molar-refractivity contribution in [2.24, 2.45) is 11.8 Å². The number of hydrogen-bond acceptors (Lipinski definition) is 17. The molecule has 0 saturated carbocycles. The Balaban J connectivity index is 0.000000376. The number of piperidine rings is 5. The van der Waals surface area contributed by atoms with E-state index in [2.05, 4.69) is 310 Å². The molecule has 1 N–H and O–H groups in total. The summed E-state index contributed by atoms with van der Waals surface area (Å²) in [4.78, 5) is 32.1. The highest BCUT2D eigenvalue weighted by Crippen LogP contribution is 2.44. The molecule has 11 aliphatic heterocycles. The van der Waals surface area contributed by atoms with E-state index in [9.17, 15) is 44.6 Å². The van der Waals surface area contributed by atoms with E-state index < -0.39 is 35.4 Å². The molecular weight excluding hydrogens is 1690 g/mol. The molecule has 0 radical (unpaired) electrons. The van der Waals surface area contributed by atoms with Gasteiger partial charge in [-0.3, -0.25) is 53.9 Å². The summed E-state index contributed by atoms with van der Waals surface area (Å²) in [6.07, 6.45) is 11.2. The fourth-order valence-electron chi connectivity index (χ4n) is 19.2. The summed E-state index contributed by atoms with van der Waals surface area (Å²) < 4.78 is 117. The van der Waals surface area contributed by atoms with Gasteiger partial charge in [0.25, 0.3) is 17.7 Å². The first kappa shape index (κ1) is 123. The van der Waals surface area contributed by atoms with Crippen molar-refractivity contribution >= 4 is 0 Å². The predicted octanol–water partition coefficient (Wildman–Crippen LogP) is 23.1. The lowest BCUT2D eigenvalue weighted by Crippen LogP contribution is -2.65. The number of nitrogens with zero attached hydrogens (tertiary/aromatic N) is 18. The van der Waals surface area contributed by atoms with Crippen molar-refractivity contribution in [3.8, 4) is 0 Å². The first-order chi connectivity index (χ1) is 59.1. The Morgan fingerprint density at radius 2 is 0.644 bits per heavy atom. The number of rotatable bonds is 1. The first-order valence-electron chi connectivity index (χ1n) is 50.9. The van der Waals surface area contributed by atoms with Gasteiger partial charge in [-0.1, -0.05) is 20.3 Å². The lowest BCUT2D eigenvalue weighted by Gasteiger charge is -2.59. The molecule has 2 aromatic heterocycles. The zero-order valence-corrected chi connectivity index (χ0v) is 92.9. The Labute approximate surface area is 803 Å². The third kappa shape index (κ3) is 43.7. The normalized spacial score (nSPS) is 23.2. The number of halogens is 9. The van der Waals surface area contributed by atoms with Gasteiger partial charge in [-0.25, -0.2) is 27.2 Å². The minimum absolute atomic E-state index is 0.0181. The summed E-state index contributed by atoms with van der Waals surface area (Å²) in [6.45, 7) is 111. The standard InChI is InChI=1S/C13H27N.C11H18F2N4.C10H15F3N4.C10H21NO.C10H21N.C9H17F2N.C9H20N2.C9H19N.2C8H17N.C7H13F2N/c1-11(2,3)14-12(4,5)9-8-10-13(14,6)7;1-10(2,3)16-5-6-17-8(7-16)14-15-9(17)11(4,12)13;1-9(2,3)16-4-5-17-7(6-16)14-8(15-17)10(11,12)13;1-9(2,3)11-7-5-10(4,12)6-8-11;1-9-5-7-11(8-6-9)10(2,3)4;1-8(2,3)12-6-4-9(10,11)5-7-12;1-9(2,3)11-7-5-10(4)6-8-11;1-9(2,3)10-7-5-4-6-8-10;1-7-5-9(6-7)8(2,3)4;1-8(2,3)9-6-4-5-7-9;1-6(2,3)10-4-7(8,9)5-10/h8-10H2,1-7H3;5-7H2,1-4H3;4-6H2,1-3H3;12H,5-8H2,1-4H3;9H,5-8H2,1-4H3;4-7H2,1-3H3;5-8H2,1-4H3;4-8H2,1-3H3;7H,5-6H2,1-4H3;4-7H2,1-3H3;4-5H2,1-3H3. The molecule has 132 heavy (non-hydrogen) atoms. The highest BCUT2D eigenvalue weighted by Gasteiger charge is 2.50. The summed E-state index contributed by atoms with van der Waals surface area (Å²) in [7, 11) is 2.19. The highest BCUT2D eigenvalue weighted by atomic mass is 19.4. The monoisotopic (exact) mass is 1890 g/mol. The van der Waals surface area contributed by atoms with Crippen LogP contribution in [-0.2, 0) is 38.3 Å². The molecule has 0 spiro atoms. The van der Waals surface area contributed by atoms with Crippen LogP contribution in [0.1, 0.15) is 397 Å². The van der Waals surface area contributed by atoms with Gasteiger partial charge in [0.2, 0.25) is 5.82 Å². The van der Waals surface area contributed by atoms with E-state index in [-0.39, 0.29) is 65.0 Å². The fourth-order valence-corrected chi connectivity index (χ4v) is 19.2. The molecule has 11 aliphatic rings. The molecular formula is C104H205F9N18O. The molecule has 0 aromatic carbocycles. The van der Waals surface area contributed by atoms with Gasteiger partial charge in [-0.05, 0) is 392 Å². The van der Waals surface area contributed by atoms with Crippen molar-refractivity contribution in [3.63, 3.8) is 0 Å². The second-order valence-corrected chi connectivity index (χ2v) is 52.8. The van der Waals surface area contributed by atoms with Crippen LogP contribution in [0.15, 0.2) is 0 Å². The number of aliphatic hydroxyl groups is 1. The van der Waals surface area contributed by atoms with Gasteiger partial charge in [0.05, 0.1) is 38.3 Å². The van der Waals surface area contributed by atoms with Gasteiger partial charge in [-0.15, -0.1) is 15.3 Å². The van der Waals surface area contributed by atoms with Crippen LogP contribution >= 0.6 is 0 Å². The van der Waals surface area contributed by atoms with Gasteiger partial charge in [0.15, 0.2) is 0 Å². The van der Waals surface area contributed by atoms with Crippen molar-refractivity contribution in [2.45, 2.75) is 501 Å². The number of piperazine rings is 1. The zero-order valence-electron chi connectivity index (χ0n) is 92.9. The molecule has 0 aliphatic carbocycles. The number of likely N-dealkylation sites (tertiary alicyclic amines) is 8. The largest absolute Gasteiger partial charge is 0.453 e. The van der Waals surface area contributed by atoms with Crippen LogP contribution in [0.25, 0.3) is 0 Å². The number of aromatic nitrogens is 6. The molecule has 13 heterocycles. The third-order valence-electron chi connectivity index (χ3n) is 28.0. The zero-order chi connectivity index (χ0) is 102.